The average Bonchev–Trinajstić information content (AvgIpc) is 3.24. The first kappa shape index (κ1) is 16.4. The van der Waals surface area contributed by atoms with E-state index in [2.05, 4.69) is 10.1 Å². The zero-order valence-corrected chi connectivity index (χ0v) is 13.5. The fraction of sp³-hybridized carbons (Fsp3) is 0.438. The Morgan fingerprint density at radius 3 is 2.83 bits per heavy atom. The maximum atomic E-state index is 11.7. The maximum absolute atomic E-state index is 11.7. The molecule has 3 rings (SSSR count). The molecule has 0 amide bonds. The lowest BCUT2D eigenvalue weighted by Gasteiger charge is -2.39. The predicted molar refractivity (Wildman–Crippen MR) is 83.3 cm³/mol. The quantitative estimate of drug-likeness (QED) is 0.771. The Labute approximate surface area is 139 Å². The minimum absolute atomic E-state index is 0.225. The van der Waals surface area contributed by atoms with Crippen molar-refractivity contribution in [1.82, 2.24) is 14.8 Å². The third-order valence-corrected chi connectivity index (χ3v) is 3.73. The molecule has 1 aliphatic rings. The van der Waals surface area contributed by atoms with Crippen LogP contribution in [-0.4, -0.2) is 46.8 Å². The van der Waals surface area contributed by atoms with Crippen LogP contribution in [0.15, 0.2) is 35.5 Å². The van der Waals surface area contributed by atoms with E-state index in [-0.39, 0.29) is 6.79 Å². The molecular formula is C16H19N3O5. The van der Waals surface area contributed by atoms with Crippen LogP contribution >= 0.6 is 0 Å². The van der Waals surface area contributed by atoms with E-state index in [1.807, 2.05) is 6.92 Å². The number of carbonyl (C=O) groups is 1. The summed E-state index contributed by atoms with van der Waals surface area (Å²) in [7, 11) is 0. The molecule has 1 atom stereocenters. The number of aromatic nitrogens is 3. The Hall–Kier alpha value is -2.45. The molecule has 1 unspecified atom stereocenters. The standard InChI is InChI=1S/C16H19N3O5/c1-12(20)24-15(16(2)7-21-11-22-8-16)14(19-10-17-9-18-19)6-13-4-3-5-23-13/h3-6,9-10,15H,7-8,11H2,1-2H3. The van der Waals surface area contributed by atoms with Crippen molar-refractivity contribution < 1.29 is 23.4 Å². The lowest BCUT2D eigenvalue weighted by Crippen LogP contribution is -2.47. The molecule has 2 aromatic rings. The van der Waals surface area contributed by atoms with Crippen LogP contribution < -0.4 is 0 Å². The van der Waals surface area contributed by atoms with Crippen LogP contribution in [0.5, 0.6) is 0 Å². The van der Waals surface area contributed by atoms with Crippen molar-refractivity contribution in [3.05, 3.63) is 36.8 Å². The number of nitrogens with zero attached hydrogens (tertiary/aromatic N) is 3. The molecule has 1 fully saturated rings. The van der Waals surface area contributed by atoms with E-state index in [1.54, 1.807) is 35.5 Å². The molecule has 0 N–H and O–H groups in total. The summed E-state index contributed by atoms with van der Waals surface area (Å²) in [5, 5.41) is 4.17. The van der Waals surface area contributed by atoms with Crippen molar-refractivity contribution in [2.75, 3.05) is 20.0 Å². The predicted octanol–water partition coefficient (Wildman–Crippen LogP) is 1.81. The summed E-state index contributed by atoms with van der Waals surface area (Å²) in [4.78, 5) is 15.7. The van der Waals surface area contributed by atoms with Gasteiger partial charge < -0.3 is 18.6 Å². The Morgan fingerprint density at radius 2 is 2.25 bits per heavy atom. The van der Waals surface area contributed by atoms with E-state index in [0.717, 1.165) is 0 Å². The minimum Gasteiger partial charge on any atom is -0.465 e. The number of carbonyl (C=O) groups excluding carboxylic acids is 1. The van der Waals surface area contributed by atoms with E-state index < -0.39 is 17.5 Å². The third kappa shape index (κ3) is 3.55. The number of esters is 1. The zero-order valence-electron chi connectivity index (χ0n) is 13.5. The van der Waals surface area contributed by atoms with Gasteiger partial charge in [-0.25, -0.2) is 9.67 Å². The van der Waals surface area contributed by atoms with Crippen molar-refractivity contribution in [1.29, 1.82) is 0 Å². The number of hydrogen-bond donors (Lipinski definition) is 0. The van der Waals surface area contributed by atoms with Gasteiger partial charge in [0.15, 0.2) is 6.10 Å². The van der Waals surface area contributed by atoms with E-state index >= 15 is 0 Å². The van der Waals surface area contributed by atoms with E-state index in [4.69, 9.17) is 18.6 Å². The summed E-state index contributed by atoms with van der Waals surface area (Å²) >= 11 is 0. The van der Waals surface area contributed by atoms with Gasteiger partial charge in [0.25, 0.3) is 0 Å². The molecule has 2 aromatic heterocycles. The van der Waals surface area contributed by atoms with Gasteiger partial charge in [0.2, 0.25) is 0 Å². The molecule has 128 valence electrons. The van der Waals surface area contributed by atoms with Crippen molar-refractivity contribution in [3.8, 4) is 0 Å². The fourth-order valence-corrected chi connectivity index (χ4v) is 2.65. The maximum Gasteiger partial charge on any atom is 0.303 e. The minimum atomic E-state index is -0.651. The normalized spacial score (nSPS) is 19.0. The second kappa shape index (κ2) is 6.98. The molecule has 8 nitrogen and oxygen atoms in total. The summed E-state index contributed by atoms with van der Waals surface area (Å²) in [6, 6.07) is 3.58. The zero-order chi connectivity index (χ0) is 17.0. The lowest BCUT2D eigenvalue weighted by molar-refractivity contribution is -0.191. The fourth-order valence-electron chi connectivity index (χ4n) is 2.65. The van der Waals surface area contributed by atoms with Crippen LogP contribution in [-0.2, 0) is 19.0 Å². The molecular weight excluding hydrogens is 314 g/mol. The molecule has 1 aliphatic heterocycles. The number of ether oxygens (including phenoxy) is 3. The lowest BCUT2D eigenvalue weighted by atomic mass is 9.83. The van der Waals surface area contributed by atoms with Gasteiger partial charge in [-0.2, -0.15) is 5.10 Å². The van der Waals surface area contributed by atoms with Crippen LogP contribution in [0, 0.1) is 5.41 Å². The first-order chi connectivity index (χ1) is 11.6. The molecule has 8 heteroatoms. The molecule has 0 bridgehead atoms. The molecule has 0 radical (unpaired) electrons. The summed E-state index contributed by atoms with van der Waals surface area (Å²) in [6.45, 7) is 4.30. The van der Waals surface area contributed by atoms with Gasteiger partial charge in [-0.1, -0.05) is 6.92 Å². The van der Waals surface area contributed by atoms with E-state index in [1.165, 1.54) is 13.3 Å². The molecule has 3 heterocycles. The molecule has 0 aromatic carbocycles. The van der Waals surface area contributed by atoms with Crippen LogP contribution in [0.2, 0.25) is 0 Å². The first-order valence-corrected chi connectivity index (χ1v) is 7.51. The second-order valence-corrected chi connectivity index (χ2v) is 5.88. The highest BCUT2D eigenvalue weighted by atomic mass is 16.7. The van der Waals surface area contributed by atoms with Gasteiger partial charge in [0.1, 0.15) is 25.2 Å². The van der Waals surface area contributed by atoms with Gasteiger partial charge >= 0.3 is 5.97 Å². The molecule has 24 heavy (non-hydrogen) atoms. The van der Waals surface area contributed by atoms with Crippen LogP contribution in [0.3, 0.4) is 0 Å². The molecule has 0 saturated carbocycles. The number of hydrogen-bond acceptors (Lipinski definition) is 7. The SMILES string of the molecule is CC(=O)OC(C(=Cc1ccco1)n1cncn1)C1(C)COCOC1. The van der Waals surface area contributed by atoms with E-state index in [0.29, 0.717) is 24.7 Å². The topological polar surface area (TPSA) is 88.6 Å². The van der Waals surface area contributed by atoms with Gasteiger partial charge in [-0.15, -0.1) is 0 Å². The summed E-state index contributed by atoms with van der Waals surface area (Å²) in [6.07, 6.45) is 5.64. The number of furan rings is 1. The van der Waals surface area contributed by atoms with Crippen molar-refractivity contribution in [2.24, 2.45) is 5.41 Å². The van der Waals surface area contributed by atoms with Crippen molar-refractivity contribution in [3.63, 3.8) is 0 Å². The summed E-state index contributed by atoms with van der Waals surface area (Å²) in [5.41, 5.74) is 0.0307. The van der Waals surface area contributed by atoms with Gasteiger partial charge in [0.05, 0.1) is 30.6 Å². The Bertz CT molecular complexity index is 687. The highest BCUT2D eigenvalue weighted by molar-refractivity contribution is 5.74. The van der Waals surface area contributed by atoms with Gasteiger partial charge in [-0.05, 0) is 12.1 Å². The average molecular weight is 333 g/mol. The Morgan fingerprint density at radius 1 is 1.46 bits per heavy atom. The van der Waals surface area contributed by atoms with Crippen LogP contribution in [0.1, 0.15) is 19.6 Å². The highest BCUT2D eigenvalue weighted by Gasteiger charge is 2.43. The summed E-state index contributed by atoms with van der Waals surface area (Å²) < 4.78 is 23.5. The van der Waals surface area contributed by atoms with Crippen molar-refractivity contribution >= 4 is 17.7 Å². The van der Waals surface area contributed by atoms with Crippen LogP contribution in [0.25, 0.3) is 11.8 Å². The largest absolute Gasteiger partial charge is 0.465 e. The van der Waals surface area contributed by atoms with Crippen molar-refractivity contribution in [2.45, 2.75) is 20.0 Å². The first-order valence-electron chi connectivity index (χ1n) is 7.51. The van der Waals surface area contributed by atoms with E-state index in [9.17, 15) is 4.79 Å². The second-order valence-electron chi connectivity index (χ2n) is 5.88. The molecule has 0 spiro atoms. The molecule has 0 aliphatic carbocycles. The van der Waals surface area contributed by atoms with Crippen LogP contribution in [0.4, 0.5) is 0 Å². The van der Waals surface area contributed by atoms with Gasteiger partial charge in [-0.3, -0.25) is 4.79 Å². The number of rotatable bonds is 5. The third-order valence-electron chi connectivity index (χ3n) is 3.73. The monoisotopic (exact) mass is 333 g/mol. The molecule has 1 saturated heterocycles. The Balaban J connectivity index is 2.04. The Kier molecular flexibility index (Phi) is 4.77. The summed E-state index contributed by atoms with van der Waals surface area (Å²) in [5.74, 6) is 0.205. The highest BCUT2D eigenvalue weighted by Crippen LogP contribution is 2.35. The smallest absolute Gasteiger partial charge is 0.303 e. The van der Waals surface area contributed by atoms with Gasteiger partial charge in [0, 0.05) is 13.0 Å².